The maximum Gasteiger partial charge on any atom is 0.125 e. The van der Waals surface area contributed by atoms with E-state index in [1.807, 2.05) is 19.2 Å². The van der Waals surface area contributed by atoms with Crippen LogP contribution in [0.3, 0.4) is 0 Å². The molecule has 0 saturated heterocycles. The minimum absolute atomic E-state index is 0.302. The van der Waals surface area contributed by atoms with Gasteiger partial charge in [0.05, 0.1) is 0 Å². The lowest BCUT2D eigenvalue weighted by Gasteiger charge is -1.97. The molecule has 1 aromatic carbocycles. The number of nitrogen functional groups attached to an aromatic ring is 1. The van der Waals surface area contributed by atoms with Crippen molar-refractivity contribution >= 4 is 11.8 Å². The maximum absolute atomic E-state index is 12.8. The average molecular weight is 180 g/mol. The molecule has 70 valence electrons. The van der Waals surface area contributed by atoms with Crippen LogP contribution in [0.5, 0.6) is 0 Å². The van der Waals surface area contributed by atoms with Crippen molar-refractivity contribution in [2.24, 2.45) is 0 Å². The number of benzene rings is 1. The first-order valence-electron chi connectivity index (χ1n) is 4.09. The van der Waals surface area contributed by atoms with E-state index in [1.165, 1.54) is 12.1 Å². The van der Waals surface area contributed by atoms with Gasteiger partial charge in [-0.3, -0.25) is 0 Å². The molecular formula is C10H13FN2. The normalized spacial score (nSPS) is 10.9. The second kappa shape index (κ2) is 4.62. The molecule has 3 heteroatoms. The zero-order valence-corrected chi connectivity index (χ0v) is 7.55. The summed E-state index contributed by atoms with van der Waals surface area (Å²) in [5.74, 6) is -0.302. The number of anilines is 1. The fourth-order valence-corrected chi connectivity index (χ4v) is 1.04. The molecule has 1 rings (SSSR count). The molecule has 0 unspecified atom stereocenters. The molecule has 0 heterocycles. The molecule has 0 bridgehead atoms. The van der Waals surface area contributed by atoms with Gasteiger partial charge in [0.15, 0.2) is 0 Å². The van der Waals surface area contributed by atoms with Crippen LogP contribution in [0.1, 0.15) is 5.56 Å². The molecule has 0 spiro atoms. The molecule has 0 radical (unpaired) electrons. The van der Waals surface area contributed by atoms with Crippen LogP contribution in [-0.4, -0.2) is 13.6 Å². The highest BCUT2D eigenvalue weighted by Gasteiger charge is 1.94. The zero-order valence-electron chi connectivity index (χ0n) is 7.55. The highest BCUT2D eigenvalue weighted by molar-refractivity contribution is 5.55. The number of hydrogen-bond acceptors (Lipinski definition) is 2. The second-order valence-electron chi connectivity index (χ2n) is 2.78. The van der Waals surface area contributed by atoms with E-state index in [4.69, 9.17) is 5.73 Å². The smallest absolute Gasteiger partial charge is 0.125 e. The van der Waals surface area contributed by atoms with Crippen LogP contribution in [-0.2, 0) is 0 Å². The van der Waals surface area contributed by atoms with E-state index in [9.17, 15) is 4.39 Å². The third-order valence-corrected chi connectivity index (χ3v) is 1.57. The predicted octanol–water partition coefficient (Wildman–Crippen LogP) is 1.64. The Kier molecular flexibility index (Phi) is 3.46. The lowest BCUT2D eigenvalue weighted by atomic mass is 10.2. The molecule has 2 nitrogen and oxygen atoms in total. The van der Waals surface area contributed by atoms with Gasteiger partial charge in [-0.2, -0.15) is 0 Å². The van der Waals surface area contributed by atoms with E-state index in [2.05, 4.69) is 5.32 Å². The highest BCUT2D eigenvalue weighted by Crippen LogP contribution is 2.11. The molecule has 0 aliphatic rings. The summed E-state index contributed by atoms with van der Waals surface area (Å²) in [6.07, 6.45) is 3.74. The Morgan fingerprint density at radius 3 is 2.85 bits per heavy atom. The maximum atomic E-state index is 12.8. The summed E-state index contributed by atoms with van der Waals surface area (Å²) < 4.78 is 12.8. The van der Waals surface area contributed by atoms with E-state index >= 15 is 0 Å². The summed E-state index contributed by atoms with van der Waals surface area (Å²) in [5, 5.41) is 2.96. The van der Waals surface area contributed by atoms with Gasteiger partial charge in [-0.1, -0.05) is 12.2 Å². The third kappa shape index (κ3) is 3.25. The van der Waals surface area contributed by atoms with Crippen LogP contribution in [0.25, 0.3) is 6.08 Å². The summed E-state index contributed by atoms with van der Waals surface area (Å²) in [4.78, 5) is 0. The SMILES string of the molecule is CNCC=Cc1cc(N)cc(F)c1. The second-order valence-corrected chi connectivity index (χ2v) is 2.78. The first kappa shape index (κ1) is 9.74. The highest BCUT2D eigenvalue weighted by atomic mass is 19.1. The topological polar surface area (TPSA) is 38.0 Å². The van der Waals surface area contributed by atoms with Crippen molar-refractivity contribution in [3.8, 4) is 0 Å². The van der Waals surface area contributed by atoms with Gasteiger partial charge in [-0.25, -0.2) is 4.39 Å². The van der Waals surface area contributed by atoms with Crippen LogP contribution in [0.15, 0.2) is 24.3 Å². The molecule has 0 aromatic heterocycles. The van der Waals surface area contributed by atoms with Gasteiger partial charge in [0, 0.05) is 12.2 Å². The van der Waals surface area contributed by atoms with Crippen molar-refractivity contribution in [2.75, 3.05) is 19.3 Å². The molecule has 3 N–H and O–H groups in total. The van der Waals surface area contributed by atoms with Crippen LogP contribution in [0.2, 0.25) is 0 Å². The van der Waals surface area contributed by atoms with Gasteiger partial charge in [0.25, 0.3) is 0 Å². The molecule has 0 saturated carbocycles. The van der Waals surface area contributed by atoms with Crippen molar-refractivity contribution in [3.05, 3.63) is 35.7 Å². The summed E-state index contributed by atoms with van der Waals surface area (Å²) in [6, 6.07) is 4.48. The number of hydrogen-bond donors (Lipinski definition) is 2. The Morgan fingerprint density at radius 1 is 1.46 bits per heavy atom. The Balaban J connectivity index is 2.77. The Morgan fingerprint density at radius 2 is 2.23 bits per heavy atom. The van der Waals surface area contributed by atoms with E-state index < -0.39 is 0 Å². The quantitative estimate of drug-likeness (QED) is 0.694. The van der Waals surface area contributed by atoms with E-state index in [0.29, 0.717) is 5.69 Å². The van der Waals surface area contributed by atoms with Crippen molar-refractivity contribution in [1.29, 1.82) is 0 Å². The van der Waals surface area contributed by atoms with Crippen molar-refractivity contribution in [1.82, 2.24) is 5.32 Å². The van der Waals surface area contributed by atoms with Gasteiger partial charge < -0.3 is 11.1 Å². The number of halogens is 1. The summed E-state index contributed by atoms with van der Waals surface area (Å²) >= 11 is 0. The van der Waals surface area contributed by atoms with Crippen LogP contribution >= 0.6 is 0 Å². The molecule has 0 amide bonds. The van der Waals surface area contributed by atoms with E-state index in [1.54, 1.807) is 6.07 Å². The Bertz CT molecular complexity index is 288. The summed E-state index contributed by atoms with van der Waals surface area (Å²) in [7, 11) is 1.85. The standard InChI is InChI=1S/C10H13FN2/c1-13-4-2-3-8-5-9(11)7-10(12)6-8/h2-3,5-7,13H,4,12H2,1H3. The van der Waals surface area contributed by atoms with Gasteiger partial charge in [-0.05, 0) is 30.8 Å². The molecule has 13 heavy (non-hydrogen) atoms. The van der Waals surface area contributed by atoms with Gasteiger partial charge in [0.1, 0.15) is 5.82 Å². The molecule has 0 aliphatic heterocycles. The Labute approximate surface area is 77.3 Å². The van der Waals surface area contributed by atoms with Crippen LogP contribution in [0, 0.1) is 5.82 Å². The molecule has 0 aliphatic carbocycles. The monoisotopic (exact) mass is 180 g/mol. The number of rotatable bonds is 3. The fourth-order valence-electron chi connectivity index (χ4n) is 1.04. The van der Waals surface area contributed by atoms with Crippen LogP contribution in [0.4, 0.5) is 10.1 Å². The third-order valence-electron chi connectivity index (χ3n) is 1.57. The van der Waals surface area contributed by atoms with Gasteiger partial charge >= 0.3 is 0 Å². The first-order chi connectivity index (χ1) is 6.22. The number of nitrogens with two attached hydrogens (primary N) is 1. The van der Waals surface area contributed by atoms with E-state index in [-0.39, 0.29) is 5.82 Å². The number of nitrogens with one attached hydrogen (secondary N) is 1. The van der Waals surface area contributed by atoms with Gasteiger partial charge in [0.2, 0.25) is 0 Å². The first-order valence-corrected chi connectivity index (χ1v) is 4.09. The molecule has 1 aromatic rings. The largest absolute Gasteiger partial charge is 0.399 e. The van der Waals surface area contributed by atoms with Crippen molar-refractivity contribution in [2.45, 2.75) is 0 Å². The number of likely N-dealkylation sites (N-methyl/N-ethyl adjacent to an activating group) is 1. The fraction of sp³-hybridized carbons (Fsp3) is 0.200. The van der Waals surface area contributed by atoms with Crippen molar-refractivity contribution < 1.29 is 4.39 Å². The summed E-state index contributed by atoms with van der Waals surface area (Å²) in [5.41, 5.74) is 6.71. The van der Waals surface area contributed by atoms with Crippen LogP contribution < -0.4 is 11.1 Å². The minimum atomic E-state index is -0.302. The molecule has 0 fully saturated rings. The molecular weight excluding hydrogens is 167 g/mol. The Hall–Kier alpha value is -1.35. The minimum Gasteiger partial charge on any atom is -0.399 e. The zero-order chi connectivity index (χ0) is 9.68. The predicted molar refractivity (Wildman–Crippen MR) is 53.8 cm³/mol. The van der Waals surface area contributed by atoms with E-state index in [0.717, 1.165) is 12.1 Å². The lowest BCUT2D eigenvalue weighted by molar-refractivity contribution is 0.628. The average Bonchev–Trinajstić information content (AvgIpc) is 2.03. The summed E-state index contributed by atoms with van der Waals surface area (Å²) in [6.45, 7) is 0.760. The van der Waals surface area contributed by atoms with Gasteiger partial charge in [-0.15, -0.1) is 0 Å². The van der Waals surface area contributed by atoms with Crippen molar-refractivity contribution in [3.63, 3.8) is 0 Å². The molecule has 0 atom stereocenters. The lowest BCUT2D eigenvalue weighted by Crippen LogP contribution is -2.03.